The highest BCUT2D eigenvalue weighted by atomic mass is 79.9. The van der Waals surface area contributed by atoms with Crippen molar-refractivity contribution < 1.29 is 14.2 Å². The van der Waals surface area contributed by atoms with Crippen LogP contribution in [-0.2, 0) is 4.74 Å². The third-order valence-corrected chi connectivity index (χ3v) is 5.27. The Morgan fingerprint density at radius 3 is 2.53 bits per heavy atom. The molecule has 1 saturated heterocycles. The predicted octanol–water partition coefficient (Wildman–Crippen LogP) is 3.97. The lowest BCUT2D eigenvalue weighted by molar-refractivity contribution is 0.105. The number of ether oxygens (including phenoxy) is 3. The van der Waals surface area contributed by atoms with E-state index >= 15 is 0 Å². The second kappa shape index (κ2) is 5.51. The molecule has 0 N–H and O–H groups in total. The summed E-state index contributed by atoms with van der Waals surface area (Å²) in [6.07, 6.45) is 1.29. The Hall–Kier alpha value is -0.450. The largest absolute Gasteiger partial charge is 0.486 e. The minimum absolute atomic E-state index is 0.174. The third kappa shape index (κ3) is 2.58. The SMILES string of the molecule is CC1OCCC1C(Br)c1cc2c(cc1Cl)OCCO2. The van der Waals surface area contributed by atoms with Gasteiger partial charge < -0.3 is 14.2 Å². The third-order valence-electron chi connectivity index (χ3n) is 3.77. The van der Waals surface area contributed by atoms with Crippen LogP contribution in [0.2, 0.25) is 5.02 Å². The van der Waals surface area contributed by atoms with Crippen molar-refractivity contribution in [3.8, 4) is 11.5 Å². The van der Waals surface area contributed by atoms with Crippen molar-refractivity contribution >= 4 is 27.5 Å². The summed E-state index contributed by atoms with van der Waals surface area (Å²) in [5, 5.41) is 0.713. The molecule has 5 heteroatoms. The van der Waals surface area contributed by atoms with Crippen LogP contribution in [0.25, 0.3) is 0 Å². The number of rotatable bonds is 2. The van der Waals surface area contributed by atoms with E-state index in [9.17, 15) is 0 Å². The lowest BCUT2D eigenvalue weighted by Crippen LogP contribution is -2.18. The zero-order valence-corrected chi connectivity index (χ0v) is 13.0. The van der Waals surface area contributed by atoms with E-state index in [0.717, 1.165) is 30.1 Å². The maximum atomic E-state index is 6.38. The molecule has 2 heterocycles. The Labute approximate surface area is 126 Å². The van der Waals surface area contributed by atoms with Crippen molar-refractivity contribution in [2.75, 3.05) is 19.8 Å². The van der Waals surface area contributed by atoms with E-state index in [2.05, 4.69) is 22.9 Å². The first-order valence-electron chi connectivity index (χ1n) is 6.51. The maximum absolute atomic E-state index is 6.38. The van der Waals surface area contributed by atoms with Gasteiger partial charge in [-0.25, -0.2) is 0 Å². The number of halogens is 2. The fourth-order valence-corrected chi connectivity index (χ4v) is 4.13. The van der Waals surface area contributed by atoms with Gasteiger partial charge in [-0.1, -0.05) is 27.5 Å². The van der Waals surface area contributed by atoms with Gasteiger partial charge in [-0.3, -0.25) is 0 Å². The minimum Gasteiger partial charge on any atom is -0.486 e. The number of benzene rings is 1. The van der Waals surface area contributed by atoms with E-state index in [0.29, 0.717) is 24.2 Å². The van der Waals surface area contributed by atoms with Crippen molar-refractivity contribution in [3.63, 3.8) is 0 Å². The van der Waals surface area contributed by atoms with Gasteiger partial charge in [0.2, 0.25) is 0 Å². The molecule has 2 aliphatic heterocycles. The Morgan fingerprint density at radius 1 is 1.21 bits per heavy atom. The van der Waals surface area contributed by atoms with Crippen molar-refractivity contribution in [1.29, 1.82) is 0 Å². The topological polar surface area (TPSA) is 27.7 Å². The molecule has 1 fully saturated rings. The van der Waals surface area contributed by atoms with Gasteiger partial charge in [0.05, 0.1) is 6.10 Å². The second-order valence-corrected chi connectivity index (χ2v) is 6.34. The van der Waals surface area contributed by atoms with Crippen molar-refractivity contribution in [1.82, 2.24) is 0 Å². The van der Waals surface area contributed by atoms with Crippen LogP contribution in [0.3, 0.4) is 0 Å². The van der Waals surface area contributed by atoms with E-state index in [1.807, 2.05) is 12.1 Å². The van der Waals surface area contributed by atoms with Gasteiger partial charge in [0.25, 0.3) is 0 Å². The number of fused-ring (bicyclic) bond motifs is 1. The Kier molecular flexibility index (Phi) is 3.92. The quantitative estimate of drug-likeness (QED) is 0.758. The van der Waals surface area contributed by atoms with Crippen molar-refractivity contribution in [3.05, 3.63) is 22.7 Å². The summed E-state index contributed by atoms with van der Waals surface area (Å²) in [5.41, 5.74) is 1.05. The molecule has 0 spiro atoms. The van der Waals surface area contributed by atoms with Gasteiger partial charge >= 0.3 is 0 Å². The molecule has 3 atom stereocenters. The summed E-state index contributed by atoms with van der Waals surface area (Å²) in [7, 11) is 0. The average molecular weight is 348 g/mol. The van der Waals surface area contributed by atoms with Crippen LogP contribution in [0.1, 0.15) is 23.7 Å². The fourth-order valence-electron chi connectivity index (χ4n) is 2.65. The average Bonchev–Trinajstić information content (AvgIpc) is 2.83. The van der Waals surface area contributed by atoms with Crippen LogP contribution in [-0.4, -0.2) is 25.9 Å². The van der Waals surface area contributed by atoms with Crippen LogP contribution in [0, 0.1) is 5.92 Å². The number of hydrogen-bond acceptors (Lipinski definition) is 3. The molecule has 0 radical (unpaired) electrons. The van der Waals surface area contributed by atoms with E-state index < -0.39 is 0 Å². The van der Waals surface area contributed by atoms with Crippen LogP contribution in [0.15, 0.2) is 12.1 Å². The monoisotopic (exact) mass is 346 g/mol. The van der Waals surface area contributed by atoms with Gasteiger partial charge in [-0.15, -0.1) is 0 Å². The molecular weight excluding hydrogens is 332 g/mol. The van der Waals surface area contributed by atoms with Gasteiger partial charge in [-0.2, -0.15) is 0 Å². The fraction of sp³-hybridized carbons (Fsp3) is 0.571. The molecule has 3 rings (SSSR count). The maximum Gasteiger partial charge on any atom is 0.162 e. The molecule has 2 aliphatic rings. The van der Waals surface area contributed by atoms with Crippen molar-refractivity contribution in [2.45, 2.75) is 24.3 Å². The van der Waals surface area contributed by atoms with Crippen LogP contribution in [0.5, 0.6) is 11.5 Å². The van der Waals surface area contributed by atoms with Crippen LogP contribution < -0.4 is 9.47 Å². The highest BCUT2D eigenvalue weighted by molar-refractivity contribution is 9.09. The zero-order valence-electron chi connectivity index (χ0n) is 10.7. The van der Waals surface area contributed by atoms with Crippen LogP contribution >= 0.6 is 27.5 Å². The molecule has 0 amide bonds. The molecule has 0 aliphatic carbocycles. The zero-order chi connectivity index (χ0) is 13.4. The molecule has 1 aromatic carbocycles. The van der Waals surface area contributed by atoms with Crippen LogP contribution in [0.4, 0.5) is 0 Å². The number of hydrogen-bond donors (Lipinski definition) is 0. The molecule has 0 aromatic heterocycles. The van der Waals surface area contributed by atoms with E-state index in [1.165, 1.54) is 0 Å². The highest BCUT2D eigenvalue weighted by Crippen LogP contribution is 2.45. The minimum atomic E-state index is 0.174. The summed E-state index contributed by atoms with van der Waals surface area (Å²) in [6.45, 7) is 4.09. The summed E-state index contributed by atoms with van der Waals surface area (Å²) in [4.78, 5) is 0.174. The summed E-state index contributed by atoms with van der Waals surface area (Å²) < 4.78 is 16.8. The molecular formula is C14H16BrClO3. The molecule has 3 unspecified atom stereocenters. The second-order valence-electron chi connectivity index (χ2n) is 4.95. The first-order chi connectivity index (χ1) is 9.16. The summed E-state index contributed by atoms with van der Waals surface area (Å²) in [5.74, 6) is 1.94. The number of alkyl halides is 1. The molecule has 3 nitrogen and oxygen atoms in total. The lowest BCUT2D eigenvalue weighted by atomic mass is 9.93. The summed E-state index contributed by atoms with van der Waals surface area (Å²) in [6, 6.07) is 3.83. The van der Waals surface area contributed by atoms with E-state index in [-0.39, 0.29) is 10.9 Å². The normalized spacial score (nSPS) is 27.3. The van der Waals surface area contributed by atoms with Crippen molar-refractivity contribution in [2.24, 2.45) is 5.92 Å². The molecule has 0 bridgehead atoms. The predicted molar refractivity (Wildman–Crippen MR) is 77.6 cm³/mol. The van der Waals surface area contributed by atoms with Gasteiger partial charge in [0, 0.05) is 28.4 Å². The Morgan fingerprint density at radius 2 is 1.89 bits per heavy atom. The summed E-state index contributed by atoms with van der Waals surface area (Å²) >= 11 is 10.1. The van der Waals surface area contributed by atoms with Gasteiger partial charge in [-0.05, 0) is 25.0 Å². The Balaban J connectivity index is 1.91. The van der Waals surface area contributed by atoms with E-state index in [1.54, 1.807) is 0 Å². The lowest BCUT2D eigenvalue weighted by Gasteiger charge is -2.25. The molecule has 1 aromatic rings. The smallest absolute Gasteiger partial charge is 0.162 e. The van der Waals surface area contributed by atoms with E-state index in [4.69, 9.17) is 25.8 Å². The Bertz CT molecular complexity index is 480. The first kappa shape index (κ1) is 13.5. The molecule has 104 valence electrons. The molecule has 0 saturated carbocycles. The van der Waals surface area contributed by atoms with Gasteiger partial charge in [0.15, 0.2) is 11.5 Å². The van der Waals surface area contributed by atoms with Gasteiger partial charge in [0.1, 0.15) is 13.2 Å². The highest BCUT2D eigenvalue weighted by Gasteiger charge is 2.33. The molecule has 19 heavy (non-hydrogen) atoms. The standard InChI is InChI=1S/C14H16BrClO3/c1-8-9(2-3-17-8)14(15)10-6-12-13(7-11(10)16)19-5-4-18-12/h6-9,14H,2-5H2,1H3. The first-order valence-corrected chi connectivity index (χ1v) is 7.81.